The highest BCUT2D eigenvalue weighted by Gasteiger charge is 2.37. The van der Waals surface area contributed by atoms with Gasteiger partial charge in [0.25, 0.3) is 10.2 Å². The Bertz CT molecular complexity index is 521. The first-order valence-corrected chi connectivity index (χ1v) is 10.1. The second-order valence-corrected chi connectivity index (χ2v) is 8.88. The van der Waals surface area contributed by atoms with Crippen LogP contribution in [0, 0.1) is 5.92 Å². The van der Waals surface area contributed by atoms with Crippen LogP contribution in [0.5, 0.6) is 0 Å². The molecule has 1 saturated carbocycles. The molecule has 0 aromatic rings. The SMILES string of the molecule is CN(C1CCCCC1)S(=O)(=O)N1CCN(C(=O)C2CNC2)CC1. The molecule has 3 rings (SSSR count). The zero-order chi connectivity index (χ0) is 16.4. The summed E-state index contributed by atoms with van der Waals surface area (Å²) in [6, 6.07) is 0.134. The molecule has 3 fully saturated rings. The second kappa shape index (κ2) is 7.04. The van der Waals surface area contributed by atoms with Gasteiger partial charge >= 0.3 is 0 Å². The Morgan fingerprint density at radius 2 is 1.65 bits per heavy atom. The number of rotatable bonds is 4. The second-order valence-electron chi connectivity index (χ2n) is 6.90. The highest BCUT2D eigenvalue weighted by Crippen LogP contribution is 2.25. The molecule has 8 heteroatoms. The molecule has 3 aliphatic rings. The molecule has 2 saturated heterocycles. The van der Waals surface area contributed by atoms with Crippen molar-refractivity contribution in [2.45, 2.75) is 38.1 Å². The predicted octanol–water partition coefficient (Wildman–Crippen LogP) is -0.141. The van der Waals surface area contributed by atoms with Crippen molar-refractivity contribution in [3.05, 3.63) is 0 Å². The van der Waals surface area contributed by atoms with E-state index in [1.807, 2.05) is 4.90 Å². The number of carbonyl (C=O) groups is 1. The normalized spacial score (nSPS) is 25.6. The lowest BCUT2D eigenvalue weighted by Gasteiger charge is -2.40. The van der Waals surface area contributed by atoms with E-state index in [1.54, 1.807) is 15.7 Å². The van der Waals surface area contributed by atoms with Crippen molar-refractivity contribution in [3.8, 4) is 0 Å². The summed E-state index contributed by atoms with van der Waals surface area (Å²) in [4.78, 5) is 14.0. The van der Waals surface area contributed by atoms with Gasteiger partial charge in [0.2, 0.25) is 5.91 Å². The van der Waals surface area contributed by atoms with Crippen LogP contribution in [-0.4, -0.2) is 80.2 Å². The number of hydrogen-bond donors (Lipinski definition) is 1. The first kappa shape index (κ1) is 17.1. The van der Waals surface area contributed by atoms with E-state index >= 15 is 0 Å². The van der Waals surface area contributed by atoms with E-state index in [4.69, 9.17) is 0 Å². The molecule has 0 radical (unpaired) electrons. The maximum atomic E-state index is 12.8. The van der Waals surface area contributed by atoms with E-state index in [0.29, 0.717) is 26.2 Å². The van der Waals surface area contributed by atoms with Crippen molar-refractivity contribution in [3.63, 3.8) is 0 Å². The lowest BCUT2D eigenvalue weighted by atomic mass is 9.96. The van der Waals surface area contributed by atoms with E-state index in [1.165, 1.54) is 6.42 Å². The number of carbonyl (C=O) groups excluding carboxylic acids is 1. The van der Waals surface area contributed by atoms with Gasteiger partial charge in [-0.2, -0.15) is 17.0 Å². The minimum Gasteiger partial charge on any atom is -0.340 e. The minimum atomic E-state index is -3.41. The third kappa shape index (κ3) is 3.55. The molecule has 132 valence electrons. The highest BCUT2D eigenvalue weighted by atomic mass is 32.2. The molecule has 0 aromatic carbocycles. The van der Waals surface area contributed by atoms with Crippen molar-refractivity contribution in [2.75, 3.05) is 46.3 Å². The van der Waals surface area contributed by atoms with Crippen molar-refractivity contribution in [1.29, 1.82) is 0 Å². The van der Waals surface area contributed by atoms with E-state index in [9.17, 15) is 13.2 Å². The van der Waals surface area contributed by atoms with Crippen LogP contribution in [0.4, 0.5) is 0 Å². The Morgan fingerprint density at radius 3 is 2.17 bits per heavy atom. The lowest BCUT2D eigenvalue weighted by Crippen LogP contribution is -2.58. The van der Waals surface area contributed by atoms with Gasteiger partial charge in [-0.1, -0.05) is 19.3 Å². The average molecular weight is 344 g/mol. The smallest absolute Gasteiger partial charge is 0.282 e. The number of piperazine rings is 1. The average Bonchev–Trinajstić information content (AvgIpc) is 2.53. The van der Waals surface area contributed by atoms with Crippen LogP contribution in [0.25, 0.3) is 0 Å². The molecule has 7 nitrogen and oxygen atoms in total. The molecule has 1 N–H and O–H groups in total. The monoisotopic (exact) mass is 344 g/mol. The highest BCUT2D eigenvalue weighted by molar-refractivity contribution is 7.86. The molecule has 2 heterocycles. The Hall–Kier alpha value is -0.700. The number of amides is 1. The molecule has 0 atom stereocenters. The number of nitrogens with zero attached hydrogens (tertiary/aromatic N) is 3. The standard InChI is InChI=1S/C15H28N4O3S/c1-17(14-5-3-2-4-6-14)23(21,22)19-9-7-18(8-10-19)15(20)13-11-16-12-13/h13-14,16H,2-12H2,1H3. The first-order chi connectivity index (χ1) is 11.0. The Morgan fingerprint density at radius 1 is 1.04 bits per heavy atom. The number of nitrogens with one attached hydrogen (secondary N) is 1. The van der Waals surface area contributed by atoms with Crippen LogP contribution in [0.3, 0.4) is 0 Å². The van der Waals surface area contributed by atoms with E-state index < -0.39 is 10.2 Å². The molecular formula is C15H28N4O3S. The summed E-state index contributed by atoms with van der Waals surface area (Å²) in [6.07, 6.45) is 5.36. The van der Waals surface area contributed by atoms with Crippen molar-refractivity contribution in [2.24, 2.45) is 5.92 Å². The fourth-order valence-electron chi connectivity index (χ4n) is 3.68. The fourth-order valence-corrected chi connectivity index (χ4v) is 5.25. The van der Waals surface area contributed by atoms with Gasteiger partial charge in [-0.25, -0.2) is 0 Å². The molecule has 0 spiro atoms. The van der Waals surface area contributed by atoms with E-state index in [0.717, 1.165) is 38.8 Å². The molecular weight excluding hydrogens is 316 g/mol. The van der Waals surface area contributed by atoms with Crippen molar-refractivity contribution >= 4 is 16.1 Å². The van der Waals surface area contributed by atoms with Gasteiger partial charge in [0.05, 0.1) is 5.92 Å². The van der Waals surface area contributed by atoms with Gasteiger partial charge in [-0.15, -0.1) is 0 Å². The predicted molar refractivity (Wildman–Crippen MR) is 88.1 cm³/mol. The molecule has 1 aliphatic carbocycles. The topological polar surface area (TPSA) is 73.0 Å². The number of hydrogen-bond acceptors (Lipinski definition) is 4. The van der Waals surface area contributed by atoms with Crippen molar-refractivity contribution in [1.82, 2.24) is 18.8 Å². The molecule has 0 unspecified atom stereocenters. The van der Waals surface area contributed by atoms with Gasteiger partial charge < -0.3 is 10.2 Å². The Labute approximate surface area is 139 Å². The summed E-state index contributed by atoms with van der Waals surface area (Å²) in [5.41, 5.74) is 0. The zero-order valence-corrected chi connectivity index (χ0v) is 14.7. The van der Waals surface area contributed by atoms with Crippen LogP contribution in [0.1, 0.15) is 32.1 Å². The van der Waals surface area contributed by atoms with E-state index in [-0.39, 0.29) is 17.9 Å². The summed E-state index contributed by atoms with van der Waals surface area (Å²) in [7, 11) is -1.70. The summed E-state index contributed by atoms with van der Waals surface area (Å²) in [5.74, 6) is 0.254. The maximum absolute atomic E-state index is 12.8. The summed E-state index contributed by atoms with van der Waals surface area (Å²) in [5, 5.41) is 3.11. The van der Waals surface area contributed by atoms with Gasteiger partial charge in [-0.05, 0) is 12.8 Å². The van der Waals surface area contributed by atoms with Crippen LogP contribution in [0.2, 0.25) is 0 Å². The largest absolute Gasteiger partial charge is 0.340 e. The molecule has 1 amide bonds. The zero-order valence-electron chi connectivity index (χ0n) is 13.9. The quantitative estimate of drug-likeness (QED) is 0.770. The third-order valence-electron chi connectivity index (χ3n) is 5.46. The summed E-state index contributed by atoms with van der Waals surface area (Å²) >= 11 is 0. The minimum absolute atomic E-state index is 0.0862. The molecule has 0 aromatic heterocycles. The summed E-state index contributed by atoms with van der Waals surface area (Å²) in [6.45, 7) is 3.33. The van der Waals surface area contributed by atoms with Gasteiger partial charge in [0.15, 0.2) is 0 Å². The lowest BCUT2D eigenvalue weighted by molar-refractivity contribution is -0.138. The maximum Gasteiger partial charge on any atom is 0.282 e. The first-order valence-electron chi connectivity index (χ1n) is 8.73. The molecule has 23 heavy (non-hydrogen) atoms. The van der Waals surface area contributed by atoms with E-state index in [2.05, 4.69) is 5.32 Å². The third-order valence-corrected chi connectivity index (χ3v) is 7.50. The summed E-state index contributed by atoms with van der Waals surface area (Å²) < 4.78 is 28.7. The molecule has 0 bridgehead atoms. The fraction of sp³-hybridized carbons (Fsp3) is 0.933. The Balaban J connectivity index is 1.56. The van der Waals surface area contributed by atoms with Crippen LogP contribution >= 0.6 is 0 Å². The van der Waals surface area contributed by atoms with Gasteiger partial charge in [0.1, 0.15) is 0 Å². The Kier molecular flexibility index (Phi) is 5.25. The van der Waals surface area contributed by atoms with Crippen molar-refractivity contribution < 1.29 is 13.2 Å². The van der Waals surface area contributed by atoms with Crippen LogP contribution < -0.4 is 5.32 Å². The van der Waals surface area contributed by atoms with Crippen LogP contribution in [-0.2, 0) is 15.0 Å². The van der Waals surface area contributed by atoms with Crippen LogP contribution in [0.15, 0.2) is 0 Å². The molecule has 2 aliphatic heterocycles. The van der Waals surface area contributed by atoms with Gasteiger partial charge in [0, 0.05) is 52.4 Å². The van der Waals surface area contributed by atoms with Gasteiger partial charge in [-0.3, -0.25) is 4.79 Å².